The number of benzene rings is 1. The van der Waals surface area contributed by atoms with Crippen LogP contribution in [-0.2, 0) is 19.1 Å². The van der Waals surface area contributed by atoms with Crippen molar-refractivity contribution in [3.05, 3.63) is 23.8 Å². The predicted octanol–water partition coefficient (Wildman–Crippen LogP) is 2.45. The zero-order chi connectivity index (χ0) is 19.4. The summed E-state index contributed by atoms with van der Waals surface area (Å²) in [6.45, 7) is 10.2. The van der Waals surface area contributed by atoms with E-state index in [1.165, 1.54) is 18.2 Å². The summed E-state index contributed by atoms with van der Waals surface area (Å²) in [7, 11) is 0. The Labute approximate surface area is 148 Å². The van der Waals surface area contributed by atoms with Crippen molar-refractivity contribution in [3.8, 4) is 11.5 Å². The van der Waals surface area contributed by atoms with Crippen molar-refractivity contribution in [2.75, 3.05) is 6.61 Å². The first kappa shape index (κ1) is 20.8. The lowest BCUT2D eigenvalue weighted by atomic mass is 10.0. The Morgan fingerprint density at radius 3 is 2.32 bits per heavy atom. The van der Waals surface area contributed by atoms with Gasteiger partial charge >= 0.3 is 11.9 Å². The molecule has 0 saturated heterocycles. The Morgan fingerprint density at radius 1 is 1.20 bits per heavy atom. The van der Waals surface area contributed by atoms with Gasteiger partial charge < -0.3 is 25.1 Å². The van der Waals surface area contributed by atoms with Crippen LogP contribution in [0.3, 0.4) is 0 Å². The molecule has 1 aromatic rings. The Kier molecular flexibility index (Phi) is 6.42. The van der Waals surface area contributed by atoms with Crippen molar-refractivity contribution >= 4 is 11.9 Å². The zero-order valence-corrected chi connectivity index (χ0v) is 15.6. The Hall–Kier alpha value is -2.28. The number of ether oxygens (including phenoxy) is 3. The molecule has 0 heterocycles. The summed E-state index contributed by atoms with van der Waals surface area (Å²) in [5.41, 5.74) is 4.19. The molecule has 1 atom stereocenters. The van der Waals surface area contributed by atoms with E-state index in [0.29, 0.717) is 0 Å². The molecule has 7 heteroatoms. The lowest BCUT2D eigenvalue weighted by molar-refractivity contribution is -0.158. The highest BCUT2D eigenvalue weighted by Gasteiger charge is 2.34. The van der Waals surface area contributed by atoms with E-state index >= 15 is 0 Å². The summed E-state index contributed by atoms with van der Waals surface area (Å²) < 4.78 is 16.0. The molecule has 0 saturated carbocycles. The summed E-state index contributed by atoms with van der Waals surface area (Å²) in [6.07, 6.45) is 0. The van der Waals surface area contributed by atoms with Gasteiger partial charge in [-0.3, -0.25) is 0 Å². The van der Waals surface area contributed by atoms with Crippen molar-refractivity contribution in [1.29, 1.82) is 0 Å². The maximum absolute atomic E-state index is 12.2. The minimum Gasteiger partial charge on any atom is -0.508 e. The summed E-state index contributed by atoms with van der Waals surface area (Å²) in [5.74, 6) is -1.12. The van der Waals surface area contributed by atoms with E-state index in [2.05, 4.69) is 0 Å². The number of esters is 2. The number of rotatable bonds is 6. The van der Waals surface area contributed by atoms with Gasteiger partial charge in [0.2, 0.25) is 0 Å². The molecule has 140 valence electrons. The fraction of sp³-hybridized carbons (Fsp3) is 0.556. The summed E-state index contributed by atoms with van der Waals surface area (Å²) in [5, 5.41) is 9.74. The monoisotopic (exact) mass is 353 g/mol. The lowest BCUT2D eigenvalue weighted by Gasteiger charge is -2.27. The molecule has 0 spiro atoms. The third-order valence-electron chi connectivity index (χ3n) is 3.12. The number of phenolic OH excluding ortho intramolecular Hbond substituents is 1. The van der Waals surface area contributed by atoms with Gasteiger partial charge in [-0.15, -0.1) is 0 Å². The first-order valence-corrected chi connectivity index (χ1v) is 8.05. The molecule has 1 rings (SSSR count). The van der Waals surface area contributed by atoms with Crippen LogP contribution in [0, 0.1) is 0 Å². The van der Waals surface area contributed by atoms with E-state index in [-0.39, 0.29) is 23.7 Å². The van der Waals surface area contributed by atoms with E-state index < -0.39 is 29.2 Å². The van der Waals surface area contributed by atoms with Crippen LogP contribution in [0.2, 0.25) is 0 Å². The Balaban J connectivity index is 3.15. The number of carbonyl (C=O) groups excluding carboxylic acids is 2. The SMILES string of the molecule is CCOC(=O)C(C)(C)Oc1ccc(O)cc1C(N)C(=O)OC(C)(C)C. The predicted molar refractivity (Wildman–Crippen MR) is 92.2 cm³/mol. The third-order valence-corrected chi connectivity index (χ3v) is 3.12. The van der Waals surface area contributed by atoms with Gasteiger partial charge in [0.1, 0.15) is 23.1 Å². The first-order chi connectivity index (χ1) is 11.4. The molecule has 0 fully saturated rings. The molecule has 0 aliphatic heterocycles. The smallest absolute Gasteiger partial charge is 0.349 e. The highest BCUT2D eigenvalue weighted by molar-refractivity contribution is 5.80. The van der Waals surface area contributed by atoms with Crippen molar-refractivity contribution in [2.45, 2.75) is 58.8 Å². The van der Waals surface area contributed by atoms with Gasteiger partial charge in [-0.2, -0.15) is 0 Å². The number of hydrogen-bond donors (Lipinski definition) is 2. The number of aromatic hydroxyl groups is 1. The molecular weight excluding hydrogens is 326 g/mol. The van der Waals surface area contributed by atoms with Crippen LogP contribution in [-0.4, -0.2) is 34.9 Å². The fourth-order valence-electron chi connectivity index (χ4n) is 1.99. The maximum atomic E-state index is 12.2. The second-order valence-corrected chi connectivity index (χ2v) is 7.07. The Bertz CT molecular complexity index is 633. The first-order valence-electron chi connectivity index (χ1n) is 8.05. The van der Waals surface area contributed by atoms with Gasteiger partial charge in [0, 0.05) is 5.56 Å². The van der Waals surface area contributed by atoms with Crippen molar-refractivity contribution < 1.29 is 28.9 Å². The van der Waals surface area contributed by atoms with Gasteiger partial charge in [0.15, 0.2) is 5.60 Å². The largest absolute Gasteiger partial charge is 0.508 e. The van der Waals surface area contributed by atoms with E-state index in [4.69, 9.17) is 19.9 Å². The number of hydrogen-bond acceptors (Lipinski definition) is 7. The highest BCUT2D eigenvalue weighted by atomic mass is 16.6. The molecule has 0 aromatic heterocycles. The van der Waals surface area contributed by atoms with Crippen molar-refractivity contribution in [1.82, 2.24) is 0 Å². The average molecular weight is 353 g/mol. The molecule has 25 heavy (non-hydrogen) atoms. The number of phenols is 1. The van der Waals surface area contributed by atoms with E-state index in [0.717, 1.165) is 0 Å². The highest BCUT2D eigenvalue weighted by Crippen LogP contribution is 2.32. The molecule has 0 aliphatic carbocycles. The molecule has 7 nitrogen and oxygen atoms in total. The van der Waals surface area contributed by atoms with Crippen LogP contribution in [0.5, 0.6) is 11.5 Å². The maximum Gasteiger partial charge on any atom is 0.349 e. The van der Waals surface area contributed by atoms with Gasteiger partial charge in [0.25, 0.3) is 0 Å². The third kappa shape index (κ3) is 5.94. The van der Waals surface area contributed by atoms with Crippen LogP contribution in [0.1, 0.15) is 53.1 Å². The van der Waals surface area contributed by atoms with E-state index in [1.54, 1.807) is 41.5 Å². The normalized spacial score (nSPS) is 13.1. The van der Waals surface area contributed by atoms with Gasteiger partial charge in [-0.05, 0) is 59.7 Å². The molecule has 3 N–H and O–H groups in total. The fourth-order valence-corrected chi connectivity index (χ4v) is 1.99. The van der Waals surface area contributed by atoms with Crippen LogP contribution < -0.4 is 10.5 Å². The lowest BCUT2D eigenvalue weighted by Crippen LogP contribution is -2.40. The molecule has 0 aliphatic rings. The number of nitrogens with two attached hydrogens (primary N) is 1. The molecule has 0 radical (unpaired) electrons. The zero-order valence-electron chi connectivity index (χ0n) is 15.6. The minimum atomic E-state index is -1.30. The van der Waals surface area contributed by atoms with Crippen LogP contribution >= 0.6 is 0 Å². The second kappa shape index (κ2) is 7.74. The minimum absolute atomic E-state index is 0.0877. The average Bonchev–Trinajstić information content (AvgIpc) is 2.46. The van der Waals surface area contributed by atoms with Crippen LogP contribution in [0.4, 0.5) is 0 Å². The van der Waals surface area contributed by atoms with Gasteiger partial charge in [-0.25, -0.2) is 9.59 Å². The van der Waals surface area contributed by atoms with Crippen molar-refractivity contribution in [2.24, 2.45) is 5.73 Å². The summed E-state index contributed by atoms with van der Waals surface area (Å²) in [4.78, 5) is 24.3. The molecule has 0 amide bonds. The summed E-state index contributed by atoms with van der Waals surface area (Å²) >= 11 is 0. The Morgan fingerprint density at radius 2 is 1.80 bits per heavy atom. The van der Waals surface area contributed by atoms with Crippen LogP contribution in [0.25, 0.3) is 0 Å². The van der Waals surface area contributed by atoms with Crippen LogP contribution in [0.15, 0.2) is 18.2 Å². The number of carbonyl (C=O) groups is 2. The topological polar surface area (TPSA) is 108 Å². The van der Waals surface area contributed by atoms with Crippen molar-refractivity contribution in [3.63, 3.8) is 0 Å². The van der Waals surface area contributed by atoms with Gasteiger partial charge in [0.05, 0.1) is 6.61 Å². The molecule has 0 bridgehead atoms. The molecule has 1 unspecified atom stereocenters. The standard InChI is InChI=1S/C18H27NO6/c1-7-23-16(22)18(5,6)24-13-9-8-11(20)10-12(13)14(19)15(21)25-17(2,3)4/h8-10,14,20H,7,19H2,1-6H3. The van der Waals surface area contributed by atoms with E-state index in [1.807, 2.05) is 0 Å². The summed E-state index contributed by atoms with van der Waals surface area (Å²) in [6, 6.07) is 2.95. The van der Waals surface area contributed by atoms with E-state index in [9.17, 15) is 14.7 Å². The quantitative estimate of drug-likeness (QED) is 0.756. The molecule has 1 aromatic carbocycles. The second-order valence-electron chi connectivity index (χ2n) is 7.07. The molecular formula is C18H27NO6. The van der Waals surface area contributed by atoms with Gasteiger partial charge in [-0.1, -0.05) is 0 Å².